The van der Waals surface area contributed by atoms with Gasteiger partial charge in [0.2, 0.25) is 0 Å². The number of methoxy groups -OCH3 is 1. The van der Waals surface area contributed by atoms with Crippen molar-refractivity contribution >= 4 is 0 Å². The minimum Gasteiger partial charge on any atom is -0.377 e. The van der Waals surface area contributed by atoms with Crippen LogP contribution in [0.4, 0.5) is 0 Å². The summed E-state index contributed by atoms with van der Waals surface area (Å²) in [6.07, 6.45) is 5.43. The fourth-order valence-electron chi connectivity index (χ4n) is 1.92. The van der Waals surface area contributed by atoms with Gasteiger partial charge >= 0.3 is 0 Å². The highest BCUT2D eigenvalue weighted by Gasteiger charge is 2.42. The van der Waals surface area contributed by atoms with Gasteiger partial charge in [0, 0.05) is 13.5 Å². The van der Waals surface area contributed by atoms with E-state index in [0.717, 1.165) is 6.42 Å². The van der Waals surface area contributed by atoms with Crippen LogP contribution < -0.4 is 0 Å². The van der Waals surface area contributed by atoms with Crippen LogP contribution in [0.1, 0.15) is 20.3 Å². The Morgan fingerprint density at radius 3 is 2.77 bits per heavy atom. The Morgan fingerprint density at radius 2 is 2.08 bits per heavy atom. The van der Waals surface area contributed by atoms with Gasteiger partial charge in [-0.05, 0) is 13.8 Å². The highest BCUT2D eigenvalue weighted by atomic mass is 16.8. The van der Waals surface area contributed by atoms with E-state index in [4.69, 9.17) is 14.2 Å². The summed E-state index contributed by atoms with van der Waals surface area (Å²) in [7, 11) is 1.72. The fraction of sp³-hybridized carbons (Fsp3) is 0.800. The molecule has 0 aromatic heterocycles. The van der Waals surface area contributed by atoms with Crippen LogP contribution in [0.25, 0.3) is 0 Å². The monoisotopic (exact) mass is 184 g/mol. The van der Waals surface area contributed by atoms with Gasteiger partial charge in [-0.3, -0.25) is 0 Å². The summed E-state index contributed by atoms with van der Waals surface area (Å²) in [5, 5.41) is 0. The smallest absolute Gasteiger partial charge is 0.164 e. The van der Waals surface area contributed by atoms with E-state index in [-0.39, 0.29) is 18.3 Å². The van der Waals surface area contributed by atoms with E-state index in [1.54, 1.807) is 7.11 Å². The van der Waals surface area contributed by atoms with Gasteiger partial charge < -0.3 is 14.2 Å². The van der Waals surface area contributed by atoms with Crippen LogP contribution in [0, 0.1) is 0 Å². The molecule has 0 radical (unpaired) electrons. The highest BCUT2D eigenvalue weighted by molar-refractivity contribution is 5.07. The fourth-order valence-corrected chi connectivity index (χ4v) is 1.92. The summed E-state index contributed by atoms with van der Waals surface area (Å²) < 4.78 is 16.7. The largest absolute Gasteiger partial charge is 0.377 e. The van der Waals surface area contributed by atoms with Crippen molar-refractivity contribution < 1.29 is 14.2 Å². The second-order valence-corrected chi connectivity index (χ2v) is 4.03. The third kappa shape index (κ3) is 1.77. The molecule has 3 atom stereocenters. The summed E-state index contributed by atoms with van der Waals surface area (Å²) in [5.74, 6) is -0.442. The molecule has 0 bridgehead atoms. The number of hydrogen-bond acceptors (Lipinski definition) is 3. The maximum Gasteiger partial charge on any atom is 0.164 e. The zero-order valence-electron chi connectivity index (χ0n) is 8.32. The molecule has 1 heterocycles. The Labute approximate surface area is 78.7 Å². The topological polar surface area (TPSA) is 27.7 Å². The molecule has 0 aromatic carbocycles. The molecule has 2 rings (SSSR count). The second-order valence-electron chi connectivity index (χ2n) is 4.03. The first-order valence-corrected chi connectivity index (χ1v) is 4.67. The van der Waals surface area contributed by atoms with Gasteiger partial charge in [0.05, 0.1) is 12.2 Å². The lowest BCUT2D eigenvalue weighted by Crippen LogP contribution is -2.30. The Morgan fingerprint density at radius 1 is 1.31 bits per heavy atom. The molecule has 13 heavy (non-hydrogen) atoms. The normalized spacial score (nSPS) is 41.9. The molecule has 74 valence electrons. The van der Waals surface area contributed by atoms with E-state index < -0.39 is 5.79 Å². The Balaban J connectivity index is 2.07. The second kappa shape index (κ2) is 3.08. The van der Waals surface area contributed by atoms with Crippen molar-refractivity contribution in [2.75, 3.05) is 7.11 Å². The van der Waals surface area contributed by atoms with Crippen molar-refractivity contribution in [3.63, 3.8) is 0 Å². The van der Waals surface area contributed by atoms with Crippen molar-refractivity contribution in [2.45, 2.75) is 44.4 Å². The molecule has 1 saturated heterocycles. The molecule has 1 fully saturated rings. The molecule has 2 aliphatic rings. The quantitative estimate of drug-likeness (QED) is 0.578. The highest BCUT2D eigenvalue weighted by Crippen LogP contribution is 2.34. The predicted molar refractivity (Wildman–Crippen MR) is 48.4 cm³/mol. The van der Waals surface area contributed by atoms with Crippen LogP contribution in [0.2, 0.25) is 0 Å². The van der Waals surface area contributed by atoms with E-state index in [0.29, 0.717) is 0 Å². The summed E-state index contributed by atoms with van der Waals surface area (Å²) in [4.78, 5) is 0. The Bertz CT molecular complexity index is 222. The summed E-state index contributed by atoms with van der Waals surface area (Å²) in [6, 6.07) is 0. The van der Waals surface area contributed by atoms with Gasteiger partial charge in [0.1, 0.15) is 6.10 Å². The average molecular weight is 184 g/mol. The van der Waals surface area contributed by atoms with Crippen molar-refractivity contribution in [2.24, 2.45) is 0 Å². The minimum atomic E-state index is -0.442. The van der Waals surface area contributed by atoms with Gasteiger partial charge in [-0.2, -0.15) is 0 Å². The first kappa shape index (κ1) is 9.19. The van der Waals surface area contributed by atoms with Crippen LogP contribution in [-0.4, -0.2) is 31.2 Å². The number of rotatable bonds is 1. The maximum absolute atomic E-state index is 5.73. The molecule has 3 heteroatoms. The minimum absolute atomic E-state index is 0.112. The molecule has 0 N–H and O–H groups in total. The lowest BCUT2D eigenvalue weighted by atomic mass is 10.00. The molecular weight excluding hydrogens is 168 g/mol. The van der Waals surface area contributed by atoms with Crippen LogP contribution >= 0.6 is 0 Å². The molecule has 3 nitrogen and oxygen atoms in total. The molecule has 1 aliphatic heterocycles. The number of hydrogen-bond donors (Lipinski definition) is 0. The van der Waals surface area contributed by atoms with Crippen molar-refractivity contribution in [3.8, 4) is 0 Å². The van der Waals surface area contributed by atoms with Gasteiger partial charge in [-0.25, -0.2) is 0 Å². The molecule has 0 unspecified atom stereocenters. The molecule has 0 saturated carbocycles. The van der Waals surface area contributed by atoms with Crippen molar-refractivity contribution in [3.05, 3.63) is 12.2 Å². The molecule has 0 aromatic rings. The molecule has 0 spiro atoms. The van der Waals surface area contributed by atoms with Crippen LogP contribution in [0.15, 0.2) is 12.2 Å². The van der Waals surface area contributed by atoms with E-state index >= 15 is 0 Å². The first-order chi connectivity index (χ1) is 6.11. The van der Waals surface area contributed by atoms with Gasteiger partial charge in [-0.15, -0.1) is 0 Å². The van der Waals surface area contributed by atoms with E-state index in [9.17, 15) is 0 Å². The van der Waals surface area contributed by atoms with E-state index in [2.05, 4.69) is 0 Å². The number of ether oxygens (including phenoxy) is 3. The summed E-state index contributed by atoms with van der Waals surface area (Å²) in [6.45, 7) is 3.89. The maximum atomic E-state index is 5.73. The predicted octanol–water partition coefficient (Wildman–Crippen LogP) is 1.48. The standard InChI is InChI=1S/C10H16O3/c1-10(2)12-8-5-4-7(11-3)6-9(8)13-10/h4-5,7-9H,6H2,1-3H3/t7-,8+,9-/m0/s1. The Kier molecular flexibility index (Phi) is 2.18. The SMILES string of the molecule is CO[C@H]1C=C[C@H]2OC(C)(C)O[C@H]2C1. The van der Waals surface area contributed by atoms with Crippen molar-refractivity contribution in [1.82, 2.24) is 0 Å². The third-order valence-corrected chi connectivity index (χ3v) is 2.50. The summed E-state index contributed by atoms with van der Waals surface area (Å²) >= 11 is 0. The molecule has 0 amide bonds. The lowest BCUT2D eigenvalue weighted by Gasteiger charge is -2.23. The zero-order valence-corrected chi connectivity index (χ0v) is 8.32. The zero-order chi connectivity index (χ0) is 9.47. The lowest BCUT2D eigenvalue weighted by molar-refractivity contribution is -0.144. The number of fused-ring (bicyclic) bond motifs is 1. The average Bonchev–Trinajstić information content (AvgIpc) is 2.36. The van der Waals surface area contributed by atoms with Crippen LogP contribution in [-0.2, 0) is 14.2 Å². The molecule has 1 aliphatic carbocycles. The first-order valence-electron chi connectivity index (χ1n) is 4.67. The van der Waals surface area contributed by atoms with Gasteiger partial charge in [0.15, 0.2) is 5.79 Å². The third-order valence-electron chi connectivity index (χ3n) is 2.50. The Hall–Kier alpha value is -0.380. The molecular formula is C10H16O3. The van der Waals surface area contributed by atoms with Gasteiger partial charge in [-0.1, -0.05) is 12.2 Å². The van der Waals surface area contributed by atoms with Crippen LogP contribution in [0.3, 0.4) is 0 Å². The van der Waals surface area contributed by atoms with E-state index in [1.807, 2.05) is 26.0 Å². The van der Waals surface area contributed by atoms with Crippen LogP contribution in [0.5, 0.6) is 0 Å². The van der Waals surface area contributed by atoms with E-state index in [1.165, 1.54) is 0 Å². The van der Waals surface area contributed by atoms with Crippen molar-refractivity contribution in [1.29, 1.82) is 0 Å². The summed E-state index contributed by atoms with van der Waals surface area (Å²) in [5.41, 5.74) is 0. The van der Waals surface area contributed by atoms with Gasteiger partial charge in [0.25, 0.3) is 0 Å².